The third-order valence-electron chi connectivity index (χ3n) is 2.20. The van der Waals surface area contributed by atoms with Crippen molar-refractivity contribution in [2.45, 2.75) is 18.9 Å². The van der Waals surface area contributed by atoms with Crippen LogP contribution in [-0.4, -0.2) is 17.2 Å². The van der Waals surface area contributed by atoms with E-state index in [1.165, 1.54) is 6.07 Å². The number of carboxylic acids is 1. The van der Waals surface area contributed by atoms with Crippen LogP contribution in [0.4, 0.5) is 4.39 Å². The summed E-state index contributed by atoms with van der Waals surface area (Å²) in [6.07, 6.45) is -0.179. The van der Waals surface area contributed by atoms with E-state index in [1.54, 1.807) is 12.1 Å². The average Bonchev–Trinajstić information content (AvgIpc) is 2.47. The zero-order valence-electron chi connectivity index (χ0n) is 7.37. The number of carboxylic acid groups (broad SMARTS) is 1. The molecule has 0 radical (unpaired) electrons. The van der Waals surface area contributed by atoms with Crippen LogP contribution in [0.1, 0.15) is 12.0 Å². The molecule has 4 heteroatoms. The standard InChI is InChI=1S/C10H9FO3/c11-8-2-1-3-9-7(8)4-6(14-9)5-10(12)13/h1-3,6H,4-5H2,(H,12,13). The van der Waals surface area contributed by atoms with Crippen molar-refractivity contribution in [1.82, 2.24) is 0 Å². The molecular weight excluding hydrogens is 187 g/mol. The largest absolute Gasteiger partial charge is 0.489 e. The van der Waals surface area contributed by atoms with Gasteiger partial charge in [0.15, 0.2) is 0 Å². The van der Waals surface area contributed by atoms with E-state index >= 15 is 0 Å². The fraction of sp³-hybridized carbons (Fsp3) is 0.300. The Kier molecular flexibility index (Phi) is 2.11. The van der Waals surface area contributed by atoms with Crippen molar-refractivity contribution in [1.29, 1.82) is 0 Å². The molecule has 2 rings (SSSR count). The molecule has 74 valence electrons. The second-order valence-electron chi connectivity index (χ2n) is 3.26. The number of fused-ring (bicyclic) bond motifs is 1. The normalized spacial score (nSPS) is 18.8. The van der Waals surface area contributed by atoms with Gasteiger partial charge in [0, 0.05) is 12.0 Å². The van der Waals surface area contributed by atoms with Gasteiger partial charge in [-0.1, -0.05) is 6.07 Å². The summed E-state index contributed by atoms with van der Waals surface area (Å²) in [5.74, 6) is -0.783. The molecule has 1 unspecified atom stereocenters. The fourth-order valence-corrected chi connectivity index (χ4v) is 1.60. The maximum absolute atomic E-state index is 13.2. The highest BCUT2D eigenvalue weighted by atomic mass is 19.1. The van der Waals surface area contributed by atoms with Crippen LogP contribution < -0.4 is 4.74 Å². The molecule has 0 bridgehead atoms. The molecule has 1 aromatic rings. The molecule has 3 nitrogen and oxygen atoms in total. The summed E-state index contributed by atoms with van der Waals surface area (Å²) in [6, 6.07) is 4.56. The van der Waals surface area contributed by atoms with Crippen molar-refractivity contribution in [3.63, 3.8) is 0 Å². The number of benzene rings is 1. The van der Waals surface area contributed by atoms with Crippen molar-refractivity contribution < 1.29 is 19.0 Å². The second-order valence-corrected chi connectivity index (χ2v) is 3.26. The van der Waals surface area contributed by atoms with Crippen LogP contribution in [0.15, 0.2) is 18.2 Å². The Morgan fingerprint density at radius 1 is 1.64 bits per heavy atom. The molecule has 0 aromatic heterocycles. The monoisotopic (exact) mass is 196 g/mol. The number of ether oxygens (including phenoxy) is 1. The third kappa shape index (κ3) is 1.55. The van der Waals surface area contributed by atoms with Gasteiger partial charge in [-0.2, -0.15) is 0 Å². The minimum Gasteiger partial charge on any atom is -0.489 e. The molecule has 14 heavy (non-hydrogen) atoms. The van der Waals surface area contributed by atoms with Gasteiger partial charge in [-0.3, -0.25) is 4.79 Å². The summed E-state index contributed by atoms with van der Waals surface area (Å²) in [5.41, 5.74) is 0.485. The van der Waals surface area contributed by atoms with Crippen LogP contribution in [0.5, 0.6) is 5.75 Å². The number of aliphatic carboxylic acids is 1. The van der Waals surface area contributed by atoms with E-state index in [1.807, 2.05) is 0 Å². The van der Waals surface area contributed by atoms with Crippen molar-refractivity contribution in [3.05, 3.63) is 29.6 Å². The SMILES string of the molecule is O=C(O)CC1Cc2c(F)cccc2O1. The highest BCUT2D eigenvalue weighted by Gasteiger charge is 2.27. The van der Waals surface area contributed by atoms with E-state index in [0.29, 0.717) is 17.7 Å². The lowest BCUT2D eigenvalue weighted by atomic mass is 10.1. The van der Waals surface area contributed by atoms with Crippen molar-refractivity contribution in [2.24, 2.45) is 0 Å². The highest BCUT2D eigenvalue weighted by Crippen LogP contribution is 2.31. The van der Waals surface area contributed by atoms with Crippen molar-refractivity contribution in [3.8, 4) is 5.75 Å². The smallest absolute Gasteiger partial charge is 0.307 e. The Bertz CT molecular complexity index is 376. The molecule has 0 aliphatic carbocycles. The highest BCUT2D eigenvalue weighted by molar-refractivity contribution is 5.67. The van der Waals surface area contributed by atoms with E-state index in [4.69, 9.17) is 9.84 Å². The van der Waals surface area contributed by atoms with E-state index in [2.05, 4.69) is 0 Å². The lowest BCUT2D eigenvalue weighted by Gasteiger charge is -2.06. The topological polar surface area (TPSA) is 46.5 Å². The summed E-state index contributed by atoms with van der Waals surface area (Å²) in [4.78, 5) is 10.4. The Labute approximate surface area is 80.1 Å². The summed E-state index contributed by atoms with van der Waals surface area (Å²) in [7, 11) is 0. The van der Waals surface area contributed by atoms with Gasteiger partial charge in [-0.25, -0.2) is 4.39 Å². The zero-order valence-corrected chi connectivity index (χ0v) is 7.37. The van der Waals surface area contributed by atoms with Gasteiger partial charge in [0.2, 0.25) is 0 Å². The van der Waals surface area contributed by atoms with E-state index in [0.717, 1.165) is 0 Å². The number of halogens is 1. The van der Waals surface area contributed by atoms with E-state index in [9.17, 15) is 9.18 Å². The lowest BCUT2D eigenvalue weighted by Crippen LogP contribution is -2.17. The molecule has 0 amide bonds. The predicted molar refractivity (Wildman–Crippen MR) is 46.8 cm³/mol. The van der Waals surface area contributed by atoms with Crippen LogP contribution in [0, 0.1) is 5.82 Å². The molecule has 1 heterocycles. The Hall–Kier alpha value is -1.58. The lowest BCUT2D eigenvalue weighted by molar-refractivity contribution is -0.138. The summed E-state index contributed by atoms with van der Waals surface area (Å²) < 4.78 is 18.5. The third-order valence-corrected chi connectivity index (χ3v) is 2.20. The molecular formula is C10H9FO3. The summed E-state index contributed by atoms with van der Waals surface area (Å²) in [5, 5.41) is 8.55. The second kappa shape index (κ2) is 3.29. The maximum atomic E-state index is 13.2. The van der Waals surface area contributed by atoms with Gasteiger partial charge in [0.1, 0.15) is 17.7 Å². The summed E-state index contributed by atoms with van der Waals surface area (Å²) in [6.45, 7) is 0. The minimum atomic E-state index is -0.928. The quantitative estimate of drug-likeness (QED) is 0.781. The Morgan fingerprint density at radius 2 is 2.43 bits per heavy atom. The molecule has 0 saturated carbocycles. The first-order valence-electron chi connectivity index (χ1n) is 4.32. The first kappa shape index (κ1) is 8.99. The first-order chi connectivity index (χ1) is 6.66. The molecule has 0 fully saturated rings. The molecule has 1 atom stereocenters. The Morgan fingerprint density at radius 3 is 3.07 bits per heavy atom. The van der Waals surface area contributed by atoms with Crippen LogP contribution in [0.25, 0.3) is 0 Å². The van der Waals surface area contributed by atoms with Crippen molar-refractivity contribution >= 4 is 5.97 Å². The van der Waals surface area contributed by atoms with Crippen molar-refractivity contribution in [2.75, 3.05) is 0 Å². The molecule has 0 spiro atoms. The average molecular weight is 196 g/mol. The number of carbonyl (C=O) groups is 1. The fourth-order valence-electron chi connectivity index (χ4n) is 1.60. The van der Waals surface area contributed by atoms with Crippen LogP contribution >= 0.6 is 0 Å². The molecule has 1 N–H and O–H groups in total. The van der Waals surface area contributed by atoms with Gasteiger partial charge >= 0.3 is 5.97 Å². The molecule has 1 aromatic carbocycles. The maximum Gasteiger partial charge on any atom is 0.307 e. The van der Waals surface area contributed by atoms with Gasteiger partial charge < -0.3 is 9.84 Å². The molecule has 1 aliphatic rings. The first-order valence-corrected chi connectivity index (χ1v) is 4.32. The van der Waals surface area contributed by atoms with E-state index < -0.39 is 12.1 Å². The van der Waals surface area contributed by atoms with Gasteiger partial charge in [0.25, 0.3) is 0 Å². The predicted octanol–water partition coefficient (Wildman–Crippen LogP) is 1.60. The molecule has 0 saturated heterocycles. The van der Waals surface area contributed by atoms with E-state index in [-0.39, 0.29) is 12.2 Å². The number of hydrogen-bond acceptors (Lipinski definition) is 2. The van der Waals surface area contributed by atoms with Crippen LogP contribution in [0.2, 0.25) is 0 Å². The zero-order chi connectivity index (χ0) is 10.1. The van der Waals surface area contributed by atoms with Crippen LogP contribution in [-0.2, 0) is 11.2 Å². The Balaban J connectivity index is 2.18. The van der Waals surface area contributed by atoms with Crippen LogP contribution in [0.3, 0.4) is 0 Å². The van der Waals surface area contributed by atoms with Gasteiger partial charge in [-0.15, -0.1) is 0 Å². The summed E-state index contributed by atoms with van der Waals surface area (Å²) >= 11 is 0. The minimum absolute atomic E-state index is 0.0892. The number of hydrogen-bond donors (Lipinski definition) is 1. The van der Waals surface area contributed by atoms with Gasteiger partial charge in [-0.05, 0) is 12.1 Å². The number of rotatable bonds is 2. The molecule has 1 aliphatic heterocycles. The van der Waals surface area contributed by atoms with Gasteiger partial charge in [0.05, 0.1) is 6.42 Å².